The van der Waals surface area contributed by atoms with E-state index in [0.717, 1.165) is 11.1 Å². The fraction of sp³-hybridized carbons (Fsp3) is 0.263. The Bertz CT molecular complexity index is 1080. The smallest absolute Gasteiger partial charge is 0.262 e. The molecule has 0 amide bonds. The fourth-order valence-electron chi connectivity index (χ4n) is 3.37. The molecular formula is C19H18FN3O4. The molecule has 0 radical (unpaired) electrons. The zero-order valence-corrected chi connectivity index (χ0v) is 14.6. The molecule has 27 heavy (non-hydrogen) atoms. The van der Waals surface area contributed by atoms with Crippen molar-refractivity contribution in [2.45, 2.75) is 19.2 Å². The predicted octanol–water partition coefficient (Wildman–Crippen LogP) is 1.43. The minimum Gasteiger partial charge on any atom is -0.505 e. The van der Waals surface area contributed by atoms with Gasteiger partial charge in [0.25, 0.3) is 5.56 Å². The van der Waals surface area contributed by atoms with Crippen LogP contribution in [0.2, 0.25) is 0 Å². The monoisotopic (exact) mass is 371 g/mol. The molecule has 0 aliphatic carbocycles. The number of rotatable bonds is 4. The summed E-state index contributed by atoms with van der Waals surface area (Å²) in [4.78, 5) is 17.1. The van der Waals surface area contributed by atoms with Crippen LogP contribution in [0.5, 0.6) is 11.5 Å². The maximum Gasteiger partial charge on any atom is 0.262 e. The highest BCUT2D eigenvalue weighted by Gasteiger charge is 2.27. The first kappa shape index (κ1) is 17.4. The molecule has 1 aromatic carbocycles. The van der Waals surface area contributed by atoms with E-state index in [1.807, 2.05) is 0 Å². The van der Waals surface area contributed by atoms with Gasteiger partial charge in [0.05, 0.1) is 6.54 Å². The highest BCUT2D eigenvalue weighted by atomic mass is 19.1. The molecule has 1 atom stereocenters. The minimum absolute atomic E-state index is 0.142. The van der Waals surface area contributed by atoms with E-state index in [2.05, 4.69) is 10.3 Å². The van der Waals surface area contributed by atoms with Crippen molar-refractivity contribution >= 4 is 11.0 Å². The first-order chi connectivity index (χ1) is 13.0. The molecule has 3 heterocycles. The maximum atomic E-state index is 13.1. The Kier molecular flexibility index (Phi) is 4.29. The van der Waals surface area contributed by atoms with Crippen molar-refractivity contribution in [1.82, 2.24) is 14.9 Å². The topological polar surface area (TPSA) is 96.6 Å². The fourth-order valence-corrected chi connectivity index (χ4v) is 3.37. The molecule has 7 nitrogen and oxygen atoms in total. The zero-order chi connectivity index (χ0) is 19.1. The third-order valence-corrected chi connectivity index (χ3v) is 4.72. The van der Waals surface area contributed by atoms with Gasteiger partial charge in [0.15, 0.2) is 11.5 Å². The van der Waals surface area contributed by atoms with Gasteiger partial charge in [-0.1, -0.05) is 12.1 Å². The van der Waals surface area contributed by atoms with Gasteiger partial charge < -0.3 is 14.9 Å². The van der Waals surface area contributed by atoms with E-state index < -0.39 is 11.8 Å². The standard InChI is InChI=1S/C19H18FN3O4/c1-21-18(25)13-16(24)14-15-17(27-7-6-23(15)19(13)26)11(9-22-14)8-10-2-4-12(20)5-3-10/h2-5,9,18,21,24-25H,6-8H2,1H3. The third kappa shape index (κ3) is 2.83. The molecular weight excluding hydrogens is 353 g/mol. The molecule has 0 spiro atoms. The molecule has 1 unspecified atom stereocenters. The summed E-state index contributed by atoms with van der Waals surface area (Å²) in [7, 11) is 1.48. The molecule has 0 saturated heterocycles. The highest BCUT2D eigenvalue weighted by Crippen LogP contribution is 2.37. The van der Waals surface area contributed by atoms with Crippen molar-refractivity contribution in [1.29, 1.82) is 0 Å². The molecule has 4 rings (SSSR count). The molecule has 3 aromatic rings. The summed E-state index contributed by atoms with van der Waals surface area (Å²) in [5.74, 6) is -0.219. The van der Waals surface area contributed by atoms with Crippen LogP contribution in [0.15, 0.2) is 35.3 Å². The van der Waals surface area contributed by atoms with Crippen molar-refractivity contribution in [2.24, 2.45) is 0 Å². The second kappa shape index (κ2) is 6.64. The maximum absolute atomic E-state index is 13.1. The van der Waals surface area contributed by atoms with Crippen LogP contribution in [0.1, 0.15) is 22.9 Å². The van der Waals surface area contributed by atoms with Crippen LogP contribution in [0.25, 0.3) is 11.0 Å². The van der Waals surface area contributed by atoms with E-state index in [-0.39, 0.29) is 35.8 Å². The van der Waals surface area contributed by atoms with Crippen LogP contribution in [0, 0.1) is 5.82 Å². The molecule has 0 fully saturated rings. The molecule has 8 heteroatoms. The Balaban J connectivity index is 1.92. The predicted molar refractivity (Wildman–Crippen MR) is 96.4 cm³/mol. The lowest BCUT2D eigenvalue weighted by atomic mass is 10.0. The number of aliphatic hydroxyl groups excluding tert-OH is 1. The lowest BCUT2D eigenvalue weighted by molar-refractivity contribution is 0.143. The molecule has 3 N–H and O–H groups in total. The van der Waals surface area contributed by atoms with E-state index in [1.54, 1.807) is 18.3 Å². The average molecular weight is 371 g/mol. The number of halogens is 1. The van der Waals surface area contributed by atoms with E-state index in [9.17, 15) is 19.4 Å². The third-order valence-electron chi connectivity index (χ3n) is 4.72. The SMILES string of the molecule is CNC(O)c1c(O)c2ncc(Cc3ccc(F)cc3)c3c2n(c1=O)CCO3. The molecule has 1 aliphatic heterocycles. The Morgan fingerprint density at radius 3 is 2.81 bits per heavy atom. The number of nitrogens with zero attached hydrogens (tertiary/aromatic N) is 2. The van der Waals surface area contributed by atoms with Crippen molar-refractivity contribution in [3.8, 4) is 11.5 Å². The van der Waals surface area contributed by atoms with Crippen molar-refractivity contribution < 1.29 is 19.3 Å². The largest absolute Gasteiger partial charge is 0.505 e. The summed E-state index contributed by atoms with van der Waals surface area (Å²) < 4.78 is 20.4. The van der Waals surface area contributed by atoms with Gasteiger partial charge >= 0.3 is 0 Å². The van der Waals surface area contributed by atoms with Gasteiger partial charge in [-0.3, -0.25) is 19.7 Å². The normalized spacial score (nSPS) is 14.2. The zero-order valence-electron chi connectivity index (χ0n) is 14.6. The molecule has 1 aliphatic rings. The van der Waals surface area contributed by atoms with Crippen LogP contribution in [-0.2, 0) is 13.0 Å². The summed E-state index contributed by atoms with van der Waals surface area (Å²) in [6, 6.07) is 6.10. The van der Waals surface area contributed by atoms with Gasteiger partial charge in [-0.25, -0.2) is 4.39 Å². The van der Waals surface area contributed by atoms with Gasteiger partial charge in [-0.15, -0.1) is 0 Å². The van der Waals surface area contributed by atoms with E-state index in [1.165, 1.54) is 23.7 Å². The number of hydrogen-bond acceptors (Lipinski definition) is 6. The van der Waals surface area contributed by atoms with Crippen molar-refractivity contribution in [3.05, 3.63) is 63.3 Å². The number of ether oxygens (including phenoxy) is 1. The van der Waals surface area contributed by atoms with Gasteiger partial charge in [-0.05, 0) is 24.7 Å². The summed E-state index contributed by atoms with van der Waals surface area (Å²) in [5.41, 5.74) is 1.54. The number of benzene rings is 1. The van der Waals surface area contributed by atoms with E-state index in [4.69, 9.17) is 4.74 Å². The lowest BCUT2D eigenvalue weighted by Gasteiger charge is -2.24. The van der Waals surface area contributed by atoms with Crippen molar-refractivity contribution in [2.75, 3.05) is 13.7 Å². The van der Waals surface area contributed by atoms with Gasteiger partial charge in [0, 0.05) is 18.2 Å². The summed E-state index contributed by atoms with van der Waals surface area (Å²) in [6.45, 7) is 0.566. The number of nitrogens with one attached hydrogen (secondary N) is 1. The Hall–Kier alpha value is -2.97. The Morgan fingerprint density at radius 1 is 1.37 bits per heavy atom. The number of aromatic nitrogens is 2. The summed E-state index contributed by atoms with van der Waals surface area (Å²) in [5, 5.41) is 23.1. The van der Waals surface area contributed by atoms with Crippen LogP contribution in [0.4, 0.5) is 4.39 Å². The first-order valence-electron chi connectivity index (χ1n) is 8.51. The molecule has 0 bridgehead atoms. The lowest BCUT2D eigenvalue weighted by Crippen LogP contribution is -2.33. The Morgan fingerprint density at radius 2 is 2.11 bits per heavy atom. The van der Waals surface area contributed by atoms with Crippen LogP contribution in [0.3, 0.4) is 0 Å². The number of aromatic hydroxyl groups is 1. The molecule has 2 aromatic heterocycles. The van der Waals surface area contributed by atoms with E-state index >= 15 is 0 Å². The Labute approximate surface area is 153 Å². The van der Waals surface area contributed by atoms with Gasteiger partial charge in [0.2, 0.25) is 0 Å². The van der Waals surface area contributed by atoms with Gasteiger partial charge in [0.1, 0.15) is 35.2 Å². The number of aliphatic hydroxyl groups is 1. The molecule has 0 saturated carbocycles. The van der Waals surface area contributed by atoms with Crippen LogP contribution >= 0.6 is 0 Å². The number of pyridine rings is 2. The van der Waals surface area contributed by atoms with E-state index in [0.29, 0.717) is 17.7 Å². The quantitative estimate of drug-likeness (QED) is 0.601. The second-order valence-corrected chi connectivity index (χ2v) is 6.37. The average Bonchev–Trinajstić information content (AvgIpc) is 2.68. The minimum atomic E-state index is -1.31. The summed E-state index contributed by atoms with van der Waals surface area (Å²) in [6.07, 6.45) is 0.697. The van der Waals surface area contributed by atoms with Gasteiger partial charge in [-0.2, -0.15) is 0 Å². The van der Waals surface area contributed by atoms with Crippen molar-refractivity contribution in [3.63, 3.8) is 0 Å². The second-order valence-electron chi connectivity index (χ2n) is 6.37. The molecule has 140 valence electrons. The first-order valence-corrected chi connectivity index (χ1v) is 8.51. The van der Waals surface area contributed by atoms with Crippen LogP contribution in [-0.4, -0.2) is 33.4 Å². The summed E-state index contributed by atoms with van der Waals surface area (Å²) >= 11 is 0. The number of hydrogen-bond donors (Lipinski definition) is 3. The highest BCUT2D eigenvalue weighted by molar-refractivity contribution is 5.89. The van der Waals surface area contributed by atoms with Crippen LogP contribution < -0.4 is 15.6 Å².